The highest BCUT2D eigenvalue weighted by Crippen LogP contribution is 2.41. The lowest BCUT2D eigenvalue weighted by atomic mass is 9.99. The highest BCUT2D eigenvalue weighted by molar-refractivity contribution is 14.1. The first-order valence-corrected chi connectivity index (χ1v) is 20.6. The van der Waals surface area contributed by atoms with Crippen LogP contribution in [0.4, 0.5) is 0 Å². The third kappa shape index (κ3) is 5.67. The fraction of sp³-hybridized carbons (Fsp3) is 0.100. The average molecular weight is 853 g/mol. The number of amidine groups is 1. The van der Waals surface area contributed by atoms with E-state index in [-0.39, 0.29) is 12.3 Å². The van der Waals surface area contributed by atoms with Crippen molar-refractivity contribution in [3.05, 3.63) is 184 Å². The maximum atomic E-state index is 6.69. The van der Waals surface area contributed by atoms with E-state index < -0.39 is 0 Å². The smallest absolute Gasteiger partial charge is 0.174 e. The fourth-order valence-electron chi connectivity index (χ4n) is 8.75. The number of para-hydroxylation sites is 3. The van der Waals surface area contributed by atoms with Crippen molar-refractivity contribution in [2.45, 2.75) is 32.1 Å². The zero-order valence-electron chi connectivity index (χ0n) is 31.2. The van der Waals surface area contributed by atoms with Gasteiger partial charge in [0.1, 0.15) is 34.9 Å². The highest BCUT2D eigenvalue weighted by Gasteiger charge is 2.29. The van der Waals surface area contributed by atoms with Crippen LogP contribution in [0, 0.1) is 3.77 Å². The summed E-state index contributed by atoms with van der Waals surface area (Å²) in [6.45, 7) is 2.11. The van der Waals surface area contributed by atoms with Gasteiger partial charge in [0, 0.05) is 60.6 Å². The molecule has 7 heteroatoms. The minimum Gasteiger partial charge on any atom is -0.456 e. The third-order valence-electron chi connectivity index (χ3n) is 11.4. The second kappa shape index (κ2) is 13.8. The predicted molar refractivity (Wildman–Crippen MR) is 242 cm³/mol. The van der Waals surface area contributed by atoms with Crippen LogP contribution < -0.4 is 10.6 Å². The zero-order chi connectivity index (χ0) is 38.0. The summed E-state index contributed by atoms with van der Waals surface area (Å²) in [5.74, 6) is 0.863. The largest absolute Gasteiger partial charge is 0.456 e. The Morgan fingerprint density at radius 2 is 1.44 bits per heavy atom. The first-order valence-electron chi connectivity index (χ1n) is 19.5. The fourth-order valence-corrected chi connectivity index (χ4v) is 9.55. The van der Waals surface area contributed by atoms with E-state index in [2.05, 4.69) is 196 Å². The number of halogens is 1. The second-order valence-electron chi connectivity index (χ2n) is 14.7. The SMILES string of the molecule is C/C=C(\c1c(I)oc2cc(-c3ccc4oc5c(C6N=C(c7ccccc7)NC(C7=CCCC=C7)N6)cccc5c4c3)ccc12)n1c2ccccc2c2ccccc21. The molecule has 0 fully saturated rings. The minimum absolute atomic E-state index is 0.0866. The van der Waals surface area contributed by atoms with Crippen molar-refractivity contribution < 1.29 is 8.83 Å². The number of hydrogen-bond donors (Lipinski definition) is 2. The van der Waals surface area contributed by atoms with Gasteiger partial charge in [-0.1, -0.05) is 121 Å². The topological polar surface area (TPSA) is 67.6 Å². The van der Waals surface area contributed by atoms with E-state index in [1.165, 1.54) is 27.4 Å². The van der Waals surface area contributed by atoms with Gasteiger partial charge in [-0.15, -0.1) is 0 Å². The van der Waals surface area contributed by atoms with Crippen LogP contribution in [0.3, 0.4) is 0 Å². The molecule has 6 aromatic carbocycles. The van der Waals surface area contributed by atoms with Gasteiger partial charge in [-0.05, 0) is 72.9 Å². The van der Waals surface area contributed by atoms with Gasteiger partial charge >= 0.3 is 0 Å². The maximum Gasteiger partial charge on any atom is 0.174 e. The summed E-state index contributed by atoms with van der Waals surface area (Å²) in [6.07, 6.45) is 10.7. The van der Waals surface area contributed by atoms with E-state index >= 15 is 0 Å². The molecule has 1 aliphatic carbocycles. The summed E-state index contributed by atoms with van der Waals surface area (Å²) in [6, 6.07) is 47.1. The van der Waals surface area contributed by atoms with Gasteiger partial charge in [-0.2, -0.15) is 0 Å². The van der Waals surface area contributed by atoms with Gasteiger partial charge < -0.3 is 18.7 Å². The predicted octanol–water partition coefficient (Wildman–Crippen LogP) is 12.9. The normalized spacial score (nSPS) is 17.5. The molecule has 2 aliphatic rings. The van der Waals surface area contributed by atoms with Gasteiger partial charge in [0.25, 0.3) is 0 Å². The van der Waals surface area contributed by atoms with Crippen LogP contribution in [0.15, 0.2) is 177 Å². The molecule has 0 amide bonds. The number of fused-ring (bicyclic) bond motifs is 7. The first-order chi connectivity index (χ1) is 28.1. The van der Waals surface area contributed by atoms with Gasteiger partial charge in [0.05, 0.1) is 22.3 Å². The van der Waals surface area contributed by atoms with Crippen molar-refractivity contribution in [3.63, 3.8) is 0 Å². The molecular formula is C50H37IN4O2. The van der Waals surface area contributed by atoms with E-state index in [0.717, 1.165) is 88.9 Å². The van der Waals surface area contributed by atoms with Gasteiger partial charge in [0.2, 0.25) is 0 Å². The summed E-state index contributed by atoms with van der Waals surface area (Å²) in [5, 5.41) is 13.1. The Morgan fingerprint density at radius 1 is 0.702 bits per heavy atom. The second-order valence-corrected chi connectivity index (χ2v) is 15.7. The summed E-state index contributed by atoms with van der Waals surface area (Å²) in [7, 11) is 0. The molecule has 0 spiro atoms. The monoisotopic (exact) mass is 852 g/mol. The standard InChI is InChI=1S/C50H37IN4O2/c1-2-40(55-41-22-11-9-18-34(41)35-19-10-12-23-42(35)55)45-37-26-24-33(29-44(37)57-47(45)51)32-25-27-43-39(28-32)36-20-13-21-38(46(36)56-43)50-53-48(30-14-5-3-6-15-30)52-49(54-50)31-16-7-4-8-17-31/h2-3,5-7,9-29,49-50,54H,4,8H2,1H3,(H,52,53)/b40-2+. The number of rotatable bonds is 6. The molecule has 2 atom stereocenters. The Bertz CT molecular complexity index is 3120. The molecule has 0 saturated carbocycles. The molecule has 4 heterocycles. The lowest BCUT2D eigenvalue weighted by molar-refractivity contribution is 0.439. The maximum absolute atomic E-state index is 6.69. The molecule has 57 heavy (non-hydrogen) atoms. The van der Waals surface area contributed by atoms with Crippen LogP contribution in [0.25, 0.3) is 71.5 Å². The van der Waals surface area contributed by atoms with Gasteiger partial charge in [-0.25, -0.2) is 4.99 Å². The lowest BCUT2D eigenvalue weighted by Gasteiger charge is -2.33. The van der Waals surface area contributed by atoms with E-state index in [9.17, 15) is 0 Å². The van der Waals surface area contributed by atoms with Crippen molar-refractivity contribution in [2.75, 3.05) is 0 Å². The summed E-state index contributed by atoms with van der Waals surface area (Å²) >= 11 is 2.35. The third-order valence-corrected chi connectivity index (χ3v) is 12.2. The molecule has 0 saturated heterocycles. The molecule has 2 N–H and O–H groups in total. The van der Waals surface area contributed by atoms with Crippen LogP contribution in [0.5, 0.6) is 0 Å². The van der Waals surface area contributed by atoms with Crippen molar-refractivity contribution in [2.24, 2.45) is 4.99 Å². The molecule has 6 nitrogen and oxygen atoms in total. The Kier molecular flexibility index (Phi) is 8.26. The summed E-state index contributed by atoms with van der Waals surface area (Å²) in [5.41, 5.74) is 12.6. The molecule has 0 radical (unpaired) electrons. The molecule has 9 aromatic rings. The number of benzene rings is 6. The Labute approximate surface area is 343 Å². The van der Waals surface area contributed by atoms with Crippen molar-refractivity contribution in [1.29, 1.82) is 0 Å². The first kappa shape index (κ1) is 34.1. The number of allylic oxidation sites excluding steroid dienone is 3. The molecular weight excluding hydrogens is 815 g/mol. The van der Waals surface area contributed by atoms with E-state index in [0.29, 0.717) is 0 Å². The number of nitrogens with one attached hydrogen (secondary N) is 2. The lowest BCUT2D eigenvalue weighted by Crippen LogP contribution is -2.52. The number of hydrogen-bond acceptors (Lipinski definition) is 5. The Hall–Kier alpha value is -6.16. The van der Waals surface area contributed by atoms with Crippen molar-refractivity contribution in [1.82, 2.24) is 15.2 Å². The number of aliphatic imine (C=N–C) groups is 1. The van der Waals surface area contributed by atoms with Crippen molar-refractivity contribution >= 4 is 88.8 Å². The molecule has 11 rings (SSSR count). The van der Waals surface area contributed by atoms with Crippen LogP contribution in [-0.2, 0) is 0 Å². The summed E-state index contributed by atoms with van der Waals surface area (Å²) in [4.78, 5) is 5.22. The number of nitrogens with zero attached hydrogens (tertiary/aromatic N) is 2. The van der Waals surface area contributed by atoms with Crippen LogP contribution >= 0.6 is 22.6 Å². The molecule has 3 aromatic heterocycles. The Balaban J connectivity index is 0.982. The molecule has 1 aliphatic heterocycles. The van der Waals surface area contributed by atoms with Gasteiger partial charge in [-0.3, -0.25) is 5.32 Å². The molecule has 276 valence electrons. The minimum atomic E-state index is -0.311. The van der Waals surface area contributed by atoms with Crippen LogP contribution in [0.2, 0.25) is 0 Å². The summed E-state index contributed by atoms with van der Waals surface area (Å²) < 4.78 is 16.5. The zero-order valence-corrected chi connectivity index (χ0v) is 33.3. The molecule has 0 bridgehead atoms. The van der Waals surface area contributed by atoms with Gasteiger partial charge in [0.15, 0.2) is 3.77 Å². The number of furan rings is 2. The van der Waals surface area contributed by atoms with E-state index in [1.54, 1.807) is 0 Å². The van der Waals surface area contributed by atoms with E-state index in [4.69, 9.17) is 13.8 Å². The van der Waals surface area contributed by atoms with E-state index in [1.807, 2.05) is 6.07 Å². The average Bonchev–Trinajstić information content (AvgIpc) is 3.93. The number of aromatic nitrogens is 1. The van der Waals surface area contributed by atoms with Crippen LogP contribution in [-0.4, -0.2) is 16.6 Å². The highest BCUT2D eigenvalue weighted by atomic mass is 127. The quantitative estimate of drug-likeness (QED) is 0.164. The van der Waals surface area contributed by atoms with Crippen LogP contribution in [0.1, 0.15) is 42.6 Å². The molecule has 2 unspecified atom stereocenters. The Morgan fingerprint density at radius 3 is 2.21 bits per heavy atom. The van der Waals surface area contributed by atoms with Crippen molar-refractivity contribution in [3.8, 4) is 11.1 Å².